The van der Waals surface area contributed by atoms with Crippen LogP contribution in [0.4, 0.5) is 21.0 Å². The lowest BCUT2D eigenvalue weighted by Crippen LogP contribution is -2.21. The highest BCUT2D eigenvalue weighted by atomic mass is 32.2. The number of ether oxygens (including phenoxy) is 2. The summed E-state index contributed by atoms with van der Waals surface area (Å²) in [7, 11) is 0. The highest BCUT2D eigenvalue weighted by Crippen LogP contribution is 2.37. The van der Waals surface area contributed by atoms with Crippen LogP contribution in [0.2, 0.25) is 0 Å². The zero-order valence-corrected chi connectivity index (χ0v) is 24.1. The number of halogens is 1. The number of nitrogens with two attached hydrogens (primary N) is 1. The topological polar surface area (TPSA) is 130 Å². The van der Waals surface area contributed by atoms with Gasteiger partial charge in [-0.2, -0.15) is 10.5 Å². The van der Waals surface area contributed by atoms with E-state index >= 15 is 0 Å². The predicted octanol–water partition coefficient (Wildman–Crippen LogP) is 6.79. The molecule has 2 aromatic heterocycles. The van der Waals surface area contributed by atoms with Gasteiger partial charge in [0.15, 0.2) is 10.9 Å². The van der Waals surface area contributed by atoms with Gasteiger partial charge >= 0.3 is 0 Å². The Morgan fingerprint density at radius 2 is 1.83 bits per heavy atom. The average molecular weight is 587 g/mol. The van der Waals surface area contributed by atoms with E-state index in [1.807, 2.05) is 43.5 Å². The van der Waals surface area contributed by atoms with Crippen molar-refractivity contribution in [3.8, 4) is 23.3 Å². The van der Waals surface area contributed by atoms with Crippen LogP contribution in [0.5, 0.6) is 0 Å². The molecule has 1 saturated heterocycles. The van der Waals surface area contributed by atoms with Gasteiger partial charge in [-0.25, -0.2) is 14.4 Å². The average Bonchev–Trinajstić information content (AvgIpc) is 3.56. The fraction of sp³-hybridized carbons (Fsp3) is 0.267. The number of nitrogens with zero attached hydrogens (tertiary/aromatic N) is 4. The third-order valence-corrected chi connectivity index (χ3v) is 8.30. The monoisotopic (exact) mass is 586 g/mol. The molecule has 0 amide bonds. The lowest BCUT2D eigenvalue weighted by Gasteiger charge is -2.17. The molecule has 3 heterocycles. The Morgan fingerprint density at radius 3 is 2.49 bits per heavy atom. The maximum absolute atomic E-state index is 13.2. The van der Waals surface area contributed by atoms with E-state index in [1.165, 1.54) is 35.2 Å². The SMILES string of the molecule is CC1(C)OC[C@@H](CCc2ccc(-c3c(C#N)c(N)nc(SCc4csc(Nc5ccc(F)cc5)n4)c3C#N)cc2)O1. The Hall–Kier alpha value is -4.00. The van der Waals surface area contributed by atoms with Crippen LogP contribution in [0.3, 0.4) is 0 Å². The first-order valence-electron chi connectivity index (χ1n) is 12.9. The van der Waals surface area contributed by atoms with Gasteiger partial charge in [0.1, 0.15) is 34.4 Å². The largest absolute Gasteiger partial charge is 0.383 e. The van der Waals surface area contributed by atoms with Crippen molar-refractivity contribution in [1.29, 1.82) is 10.5 Å². The van der Waals surface area contributed by atoms with E-state index in [0.717, 1.165) is 35.3 Å². The summed E-state index contributed by atoms with van der Waals surface area (Å²) in [6, 6.07) is 18.2. The van der Waals surface area contributed by atoms with Gasteiger partial charge in [0.05, 0.1) is 24.0 Å². The van der Waals surface area contributed by atoms with E-state index < -0.39 is 5.79 Å². The first kappa shape index (κ1) is 28.5. The van der Waals surface area contributed by atoms with Crippen molar-refractivity contribution in [2.45, 2.75) is 49.4 Å². The van der Waals surface area contributed by atoms with Gasteiger partial charge < -0.3 is 20.5 Å². The fourth-order valence-electron chi connectivity index (χ4n) is 4.49. The normalized spacial score (nSPS) is 15.8. The zero-order valence-electron chi connectivity index (χ0n) is 22.5. The van der Waals surface area contributed by atoms with Gasteiger partial charge in [-0.1, -0.05) is 36.0 Å². The molecule has 0 radical (unpaired) electrons. The Balaban J connectivity index is 1.32. The van der Waals surface area contributed by atoms with Crippen LogP contribution in [0.25, 0.3) is 11.1 Å². The molecule has 0 unspecified atom stereocenters. The lowest BCUT2D eigenvalue weighted by atomic mass is 9.95. The summed E-state index contributed by atoms with van der Waals surface area (Å²) in [4.78, 5) is 8.98. The first-order valence-corrected chi connectivity index (χ1v) is 14.8. The highest BCUT2D eigenvalue weighted by Gasteiger charge is 2.32. The quantitative estimate of drug-likeness (QED) is 0.204. The fourth-order valence-corrected chi connectivity index (χ4v) is 6.22. The number of pyridine rings is 1. The maximum Gasteiger partial charge on any atom is 0.187 e. The molecule has 3 N–H and O–H groups in total. The van der Waals surface area contributed by atoms with E-state index in [1.54, 1.807) is 12.1 Å². The summed E-state index contributed by atoms with van der Waals surface area (Å²) >= 11 is 2.75. The summed E-state index contributed by atoms with van der Waals surface area (Å²) in [6.07, 6.45) is 1.69. The molecule has 2 aromatic carbocycles. The summed E-state index contributed by atoms with van der Waals surface area (Å²) in [6.45, 7) is 4.40. The number of anilines is 3. The molecule has 0 bridgehead atoms. The molecule has 4 aromatic rings. The zero-order chi connectivity index (χ0) is 29.0. The number of thioether (sulfide) groups is 1. The van der Waals surface area contributed by atoms with Gasteiger partial charge in [-0.3, -0.25) is 0 Å². The molecular weight excluding hydrogens is 560 g/mol. The van der Waals surface area contributed by atoms with Crippen LogP contribution < -0.4 is 11.1 Å². The maximum atomic E-state index is 13.2. The highest BCUT2D eigenvalue weighted by molar-refractivity contribution is 7.98. The van der Waals surface area contributed by atoms with Crippen molar-refractivity contribution in [3.05, 3.63) is 82.1 Å². The van der Waals surface area contributed by atoms with Crippen LogP contribution in [-0.4, -0.2) is 28.5 Å². The molecule has 1 aliphatic rings. The van der Waals surface area contributed by atoms with Crippen LogP contribution in [0, 0.1) is 28.5 Å². The number of thiazole rings is 1. The molecule has 41 heavy (non-hydrogen) atoms. The van der Waals surface area contributed by atoms with E-state index in [4.69, 9.17) is 15.2 Å². The number of hydrogen-bond acceptors (Lipinski definition) is 10. The molecule has 5 rings (SSSR count). The Kier molecular flexibility index (Phi) is 8.52. The minimum atomic E-state index is -0.546. The van der Waals surface area contributed by atoms with Crippen LogP contribution in [0.1, 0.15) is 42.7 Å². The minimum Gasteiger partial charge on any atom is -0.383 e. The Labute approximate surface area is 246 Å². The smallest absolute Gasteiger partial charge is 0.187 e. The molecule has 1 aliphatic heterocycles. The van der Waals surface area contributed by atoms with Crippen molar-refractivity contribution < 1.29 is 13.9 Å². The number of aromatic nitrogens is 2. The number of rotatable bonds is 9. The van der Waals surface area contributed by atoms with Crippen LogP contribution in [-0.2, 0) is 21.6 Å². The van der Waals surface area contributed by atoms with E-state index in [0.29, 0.717) is 33.6 Å². The number of nitrogen functional groups attached to an aromatic ring is 1. The molecular formula is C30H27FN6O2S2. The molecule has 11 heteroatoms. The third kappa shape index (κ3) is 6.84. The Bertz CT molecular complexity index is 1630. The van der Waals surface area contributed by atoms with Gasteiger partial charge in [-0.05, 0) is 62.1 Å². The predicted molar refractivity (Wildman–Crippen MR) is 158 cm³/mol. The molecule has 8 nitrogen and oxygen atoms in total. The van der Waals surface area contributed by atoms with Crippen molar-refractivity contribution >= 4 is 39.7 Å². The van der Waals surface area contributed by atoms with Crippen molar-refractivity contribution in [1.82, 2.24) is 9.97 Å². The second kappa shape index (κ2) is 12.2. The molecule has 0 saturated carbocycles. The Morgan fingerprint density at radius 1 is 1.10 bits per heavy atom. The molecule has 0 spiro atoms. The molecule has 1 atom stereocenters. The van der Waals surface area contributed by atoms with Gasteiger partial charge in [-0.15, -0.1) is 11.3 Å². The van der Waals surface area contributed by atoms with E-state index in [-0.39, 0.29) is 23.3 Å². The van der Waals surface area contributed by atoms with Crippen molar-refractivity contribution in [2.24, 2.45) is 0 Å². The summed E-state index contributed by atoms with van der Waals surface area (Å²) < 4.78 is 24.7. The molecule has 0 aliphatic carbocycles. The van der Waals surface area contributed by atoms with Gasteiger partial charge in [0.25, 0.3) is 0 Å². The van der Waals surface area contributed by atoms with Crippen LogP contribution >= 0.6 is 23.1 Å². The summed E-state index contributed by atoms with van der Waals surface area (Å²) in [5.74, 6) is -0.337. The van der Waals surface area contributed by atoms with Crippen molar-refractivity contribution in [2.75, 3.05) is 17.7 Å². The second-order valence-electron chi connectivity index (χ2n) is 9.90. The number of hydrogen-bond donors (Lipinski definition) is 2. The molecule has 208 valence electrons. The molecule has 1 fully saturated rings. The minimum absolute atomic E-state index is 0.0483. The van der Waals surface area contributed by atoms with E-state index in [2.05, 4.69) is 27.4 Å². The van der Waals surface area contributed by atoms with Gasteiger partial charge in [0, 0.05) is 22.4 Å². The second-order valence-corrected chi connectivity index (χ2v) is 11.7. The number of nitrogens with one attached hydrogen (secondary N) is 1. The standard InChI is InChI=1S/C30H27FN6O2S2/c1-30(2)38-15-23(39-30)12-5-18-3-6-19(7-4-18)26-24(13-32)27(34)37-28(25(26)14-33)40-16-22-17-41-29(36-22)35-21-10-8-20(31)9-11-21/h3-4,6-11,17,23H,5,12,15-16H2,1-2H3,(H2,34,37)(H,35,36)/t23-/m1/s1. The first-order chi connectivity index (χ1) is 19.7. The number of aryl methyl sites for hydroxylation is 1. The lowest BCUT2D eigenvalue weighted by molar-refractivity contribution is -0.138. The summed E-state index contributed by atoms with van der Waals surface area (Å²) in [5.41, 5.74) is 10.5. The van der Waals surface area contributed by atoms with Gasteiger partial charge in [0.2, 0.25) is 0 Å². The van der Waals surface area contributed by atoms with Crippen LogP contribution in [0.15, 0.2) is 58.9 Å². The number of benzene rings is 2. The van der Waals surface area contributed by atoms with Crippen molar-refractivity contribution in [3.63, 3.8) is 0 Å². The third-order valence-electron chi connectivity index (χ3n) is 6.48. The summed E-state index contributed by atoms with van der Waals surface area (Å²) in [5, 5.41) is 26.2. The van der Waals surface area contributed by atoms with E-state index in [9.17, 15) is 14.9 Å². The number of nitriles is 2.